The van der Waals surface area contributed by atoms with Gasteiger partial charge >= 0.3 is 5.97 Å². The molecule has 0 saturated heterocycles. The molecule has 1 amide bonds. The van der Waals surface area contributed by atoms with E-state index < -0.39 is 0 Å². The Morgan fingerprint density at radius 1 is 1.12 bits per heavy atom. The van der Waals surface area contributed by atoms with Crippen LogP contribution in [0.5, 0.6) is 5.75 Å². The van der Waals surface area contributed by atoms with Crippen LogP contribution in [0.15, 0.2) is 24.3 Å². The van der Waals surface area contributed by atoms with E-state index in [0.29, 0.717) is 22.2 Å². The van der Waals surface area contributed by atoms with Gasteiger partial charge in [-0.1, -0.05) is 12.1 Å². The highest BCUT2D eigenvalue weighted by molar-refractivity contribution is 7.18. The predicted molar refractivity (Wildman–Crippen MR) is 95.1 cm³/mol. The molecule has 1 aromatic carbocycles. The van der Waals surface area contributed by atoms with Gasteiger partial charge in [-0.15, -0.1) is 11.3 Å². The lowest BCUT2D eigenvalue weighted by molar-refractivity contribution is -0.118. The molecule has 5 nitrogen and oxygen atoms in total. The van der Waals surface area contributed by atoms with Crippen molar-refractivity contribution in [2.24, 2.45) is 0 Å². The maximum atomic E-state index is 12.1. The fraction of sp³-hybridized carbons (Fsp3) is 0.333. The molecule has 0 unspecified atom stereocenters. The first-order valence-electron chi connectivity index (χ1n) is 7.68. The fourth-order valence-electron chi connectivity index (χ4n) is 2.12. The molecule has 0 aliphatic carbocycles. The lowest BCUT2D eigenvalue weighted by Crippen LogP contribution is -2.19. The molecule has 24 heavy (non-hydrogen) atoms. The molecule has 0 atom stereocenters. The number of thiophene rings is 1. The topological polar surface area (TPSA) is 64.6 Å². The van der Waals surface area contributed by atoms with Crippen molar-refractivity contribution in [2.45, 2.75) is 27.7 Å². The first-order valence-corrected chi connectivity index (χ1v) is 8.49. The molecule has 0 aliphatic rings. The van der Waals surface area contributed by atoms with Crippen molar-refractivity contribution in [3.63, 3.8) is 0 Å². The van der Waals surface area contributed by atoms with Gasteiger partial charge in [-0.25, -0.2) is 4.79 Å². The largest absolute Gasteiger partial charge is 0.483 e. The zero-order valence-corrected chi connectivity index (χ0v) is 15.1. The number of benzene rings is 1. The standard InChI is InChI=1S/C18H21NO4S/c1-5-22-18(21)17-13(4)9-16(24-17)19-15(20)10-23-14-8-11(2)6-7-12(14)3/h6-9H,5,10H2,1-4H3,(H,19,20). The Kier molecular flexibility index (Phi) is 5.98. The van der Waals surface area contributed by atoms with E-state index in [9.17, 15) is 9.59 Å². The van der Waals surface area contributed by atoms with E-state index in [1.54, 1.807) is 13.0 Å². The zero-order chi connectivity index (χ0) is 17.7. The first kappa shape index (κ1) is 18.0. The van der Waals surface area contributed by atoms with Gasteiger partial charge in [0.2, 0.25) is 0 Å². The molecule has 0 aliphatic heterocycles. The fourth-order valence-corrected chi connectivity index (χ4v) is 3.11. The van der Waals surface area contributed by atoms with E-state index in [1.165, 1.54) is 11.3 Å². The molecule has 0 bridgehead atoms. The minimum atomic E-state index is -0.368. The van der Waals surface area contributed by atoms with Gasteiger partial charge in [0.1, 0.15) is 10.6 Å². The van der Waals surface area contributed by atoms with Crippen molar-refractivity contribution in [2.75, 3.05) is 18.5 Å². The van der Waals surface area contributed by atoms with Crippen LogP contribution in [-0.4, -0.2) is 25.1 Å². The van der Waals surface area contributed by atoms with Crippen LogP contribution in [0.4, 0.5) is 5.00 Å². The summed E-state index contributed by atoms with van der Waals surface area (Å²) in [6.45, 7) is 7.70. The summed E-state index contributed by atoms with van der Waals surface area (Å²) in [5.41, 5.74) is 2.83. The normalized spacial score (nSPS) is 10.3. The Morgan fingerprint density at radius 2 is 1.88 bits per heavy atom. The van der Waals surface area contributed by atoms with Crippen LogP contribution < -0.4 is 10.1 Å². The number of aryl methyl sites for hydroxylation is 3. The van der Waals surface area contributed by atoms with Gasteiger partial charge in [-0.05, 0) is 56.5 Å². The second-order valence-electron chi connectivity index (χ2n) is 5.45. The Hall–Kier alpha value is -2.34. The molecule has 0 radical (unpaired) electrons. The lowest BCUT2D eigenvalue weighted by Gasteiger charge is -2.09. The number of ether oxygens (including phenoxy) is 2. The molecule has 6 heteroatoms. The number of anilines is 1. The van der Waals surface area contributed by atoms with E-state index >= 15 is 0 Å². The molecule has 128 valence electrons. The summed E-state index contributed by atoms with van der Waals surface area (Å²) >= 11 is 1.20. The van der Waals surface area contributed by atoms with E-state index in [2.05, 4.69) is 5.32 Å². The molecule has 0 spiro atoms. The number of hydrogen-bond acceptors (Lipinski definition) is 5. The van der Waals surface area contributed by atoms with E-state index in [4.69, 9.17) is 9.47 Å². The highest BCUT2D eigenvalue weighted by Crippen LogP contribution is 2.27. The molecular weight excluding hydrogens is 326 g/mol. The molecule has 2 aromatic rings. The molecular formula is C18H21NO4S. The van der Waals surface area contributed by atoms with Crippen LogP contribution in [0.2, 0.25) is 0 Å². The third-order valence-electron chi connectivity index (χ3n) is 3.34. The average molecular weight is 347 g/mol. The molecule has 1 N–H and O–H groups in total. The Balaban J connectivity index is 1.96. The summed E-state index contributed by atoms with van der Waals surface area (Å²) in [5, 5.41) is 3.35. The van der Waals surface area contributed by atoms with Gasteiger partial charge < -0.3 is 14.8 Å². The molecule has 1 aromatic heterocycles. The molecule has 0 fully saturated rings. The highest BCUT2D eigenvalue weighted by atomic mass is 32.1. The second kappa shape index (κ2) is 7.97. The van der Waals surface area contributed by atoms with E-state index in [-0.39, 0.29) is 18.5 Å². The van der Waals surface area contributed by atoms with Gasteiger partial charge in [-0.3, -0.25) is 4.79 Å². The van der Waals surface area contributed by atoms with Crippen molar-refractivity contribution >= 4 is 28.2 Å². The van der Waals surface area contributed by atoms with Crippen molar-refractivity contribution in [1.29, 1.82) is 0 Å². The lowest BCUT2D eigenvalue weighted by atomic mass is 10.1. The quantitative estimate of drug-likeness (QED) is 0.806. The Morgan fingerprint density at radius 3 is 2.58 bits per heavy atom. The summed E-state index contributed by atoms with van der Waals surface area (Å²) in [4.78, 5) is 24.4. The number of nitrogens with one attached hydrogen (secondary N) is 1. The third-order valence-corrected chi connectivity index (χ3v) is 4.48. The summed E-state index contributed by atoms with van der Waals surface area (Å²) < 4.78 is 10.6. The zero-order valence-electron chi connectivity index (χ0n) is 14.3. The van der Waals surface area contributed by atoms with Crippen LogP contribution in [0.3, 0.4) is 0 Å². The van der Waals surface area contributed by atoms with Crippen molar-refractivity contribution in [3.05, 3.63) is 45.8 Å². The summed E-state index contributed by atoms with van der Waals surface area (Å²) in [5.74, 6) is 0.0550. The van der Waals surface area contributed by atoms with Crippen LogP contribution in [-0.2, 0) is 9.53 Å². The summed E-state index contributed by atoms with van der Waals surface area (Å²) in [6, 6.07) is 7.61. The van der Waals surface area contributed by atoms with Gasteiger partial charge in [0.25, 0.3) is 5.91 Å². The Bertz CT molecular complexity index is 751. The minimum Gasteiger partial charge on any atom is -0.483 e. The molecule has 1 heterocycles. The minimum absolute atomic E-state index is 0.0873. The number of esters is 1. The van der Waals surface area contributed by atoms with Crippen LogP contribution in [0, 0.1) is 20.8 Å². The van der Waals surface area contributed by atoms with Crippen LogP contribution in [0.1, 0.15) is 33.3 Å². The van der Waals surface area contributed by atoms with Crippen molar-refractivity contribution in [1.82, 2.24) is 0 Å². The SMILES string of the molecule is CCOC(=O)c1sc(NC(=O)COc2cc(C)ccc2C)cc1C. The molecule has 2 rings (SSSR count). The van der Waals surface area contributed by atoms with Crippen molar-refractivity contribution < 1.29 is 19.1 Å². The monoisotopic (exact) mass is 347 g/mol. The second-order valence-corrected chi connectivity index (χ2v) is 6.50. The number of rotatable bonds is 6. The number of hydrogen-bond donors (Lipinski definition) is 1. The van der Waals surface area contributed by atoms with Crippen LogP contribution >= 0.6 is 11.3 Å². The predicted octanol–water partition coefficient (Wildman–Crippen LogP) is 3.87. The van der Waals surface area contributed by atoms with Crippen molar-refractivity contribution in [3.8, 4) is 5.75 Å². The third kappa shape index (κ3) is 4.58. The number of carbonyl (C=O) groups excluding carboxylic acids is 2. The smallest absolute Gasteiger partial charge is 0.348 e. The highest BCUT2D eigenvalue weighted by Gasteiger charge is 2.16. The van der Waals surface area contributed by atoms with Crippen LogP contribution in [0.25, 0.3) is 0 Å². The molecule has 0 saturated carbocycles. The Labute approximate surface area is 145 Å². The number of amides is 1. The maximum absolute atomic E-state index is 12.1. The number of carbonyl (C=O) groups is 2. The van der Waals surface area contributed by atoms with E-state index in [0.717, 1.165) is 16.7 Å². The summed E-state index contributed by atoms with van der Waals surface area (Å²) in [7, 11) is 0. The first-order chi connectivity index (χ1) is 11.4. The van der Waals surface area contributed by atoms with Gasteiger partial charge in [-0.2, -0.15) is 0 Å². The van der Waals surface area contributed by atoms with Gasteiger partial charge in [0, 0.05) is 0 Å². The summed E-state index contributed by atoms with van der Waals surface area (Å²) in [6.07, 6.45) is 0. The van der Waals surface area contributed by atoms with Gasteiger partial charge in [0.05, 0.1) is 11.6 Å². The van der Waals surface area contributed by atoms with Gasteiger partial charge in [0.15, 0.2) is 6.61 Å². The maximum Gasteiger partial charge on any atom is 0.348 e. The van der Waals surface area contributed by atoms with E-state index in [1.807, 2.05) is 39.0 Å². The average Bonchev–Trinajstić information content (AvgIpc) is 2.89.